The van der Waals surface area contributed by atoms with Crippen LogP contribution < -0.4 is 10.6 Å². The van der Waals surface area contributed by atoms with Crippen LogP contribution in [0.4, 0.5) is 5.69 Å². The third-order valence-corrected chi connectivity index (χ3v) is 2.79. The van der Waals surface area contributed by atoms with Crippen LogP contribution in [0.3, 0.4) is 0 Å². The predicted molar refractivity (Wildman–Crippen MR) is 61.0 cm³/mol. The van der Waals surface area contributed by atoms with Crippen LogP contribution in [0.5, 0.6) is 0 Å². The minimum absolute atomic E-state index is 0.103. The van der Waals surface area contributed by atoms with Crippen molar-refractivity contribution in [3.8, 4) is 0 Å². The Bertz CT molecular complexity index is 468. The van der Waals surface area contributed by atoms with Gasteiger partial charge in [0.25, 0.3) is 5.91 Å². The molecule has 2 amide bonds. The van der Waals surface area contributed by atoms with Crippen molar-refractivity contribution in [2.45, 2.75) is 26.3 Å². The summed E-state index contributed by atoms with van der Waals surface area (Å²) in [5, 5.41) is 0. The molecule has 0 aliphatic carbocycles. The van der Waals surface area contributed by atoms with Gasteiger partial charge in [0.1, 0.15) is 0 Å². The van der Waals surface area contributed by atoms with Gasteiger partial charge in [0, 0.05) is 0 Å². The zero-order valence-electron chi connectivity index (χ0n) is 9.36. The average Bonchev–Trinajstić information content (AvgIpc) is 2.46. The van der Waals surface area contributed by atoms with Crippen LogP contribution in [0, 0.1) is 13.8 Å². The van der Waals surface area contributed by atoms with E-state index in [4.69, 9.17) is 5.73 Å². The molecule has 4 heteroatoms. The van der Waals surface area contributed by atoms with Crippen molar-refractivity contribution in [1.82, 2.24) is 0 Å². The molecule has 1 unspecified atom stereocenters. The summed E-state index contributed by atoms with van der Waals surface area (Å²) in [5.74, 6) is -0.523. The summed E-state index contributed by atoms with van der Waals surface area (Å²) in [5.41, 5.74) is 8.15. The van der Waals surface area contributed by atoms with Gasteiger partial charge >= 0.3 is 0 Å². The Morgan fingerprint density at radius 3 is 2.56 bits per heavy atom. The van der Waals surface area contributed by atoms with Gasteiger partial charge in [-0.2, -0.15) is 0 Å². The first-order valence-electron chi connectivity index (χ1n) is 5.20. The van der Waals surface area contributed by atoms with E-state index in [0.29, 0.717) is 5.69 Å². The molecule has 0 aromatic heterocycles. The van der Waals surface area contributed by atoms with E-state index >= 15 is 0 Å². The van der Waals surface area contributed by atoms with Crippen LogP contribution in [0.2, 0.25) is 0 Å². The summed E-state index contributed by atoms with van der Waals surface area (Å²) >= 11 is 0. The molecule has 1 heterocycles. The fraction of sp³-hybridized carbons (Fsp3) is 0.333. The minimum atomic E-state index is -0.688. The van der Waals surface area contributed by atoms with Crippen LogP contribution >= 0.6 is 0 Å². The fourth-order valence-electron chi connectivity index (χ4n) is 1.87. The summed E-state index contributed by atoms with van der Waals surface area (Å²) in [6.45, 7) is 3.80. The van der Waals surface area contributed by atoms with E-state index in [9.17, 15) is 9.59 Å². The quantitative estimate of drug-likeness (QED) is 0.712. The SMILES string of the molecule is Cc1ccc(C)c(N2C(=O)CC(N)C2=O)c1. The lowest BCUT2D eigenvalue weighted by Gasteiger charge is -2.17. The highest BCUT2D eigenvalue weighted by molar-refractivity contribution is 6.22. The molecule has 84 valence electrons. The van der Waals surface area contributed by atoms with E-state index in [1.807, 2.05) is 32.0 Å². The van der Waals surface area contributed by atoms with E-state index in [0.717, 1.165) is 11.1 Å². The second-order valence-electron chi connectivity index (χ2n) is 4.17. The number of hydrogen-bond donors (Lipinski definition) is 1. The maximum absolute atomic E-state index is 11.8. The zero-order valence-corrected chi connectivity index (χ0v) is 9.36. The number of carbonyl (C=O) groups excluding carboxylic acids is 2. The van der Waals surface area contributed by atoms with Crippen molar-refractivity contribution in [1.29, 1.82) is 0 Å². The van der Waals surface area contributed by atoms with Crippen LogP contribution in [0.15, 0.2) is 18.2 Å². The summed E-state index contributed by atoms with van der Waals surface area (Å²) in [4.78, 5) is 24.6. The molecule has 1 atom stereocenters. The molecule has 0 spiro atoms. The number of carbonyl (C=O) groups is 2. The lowest BCUT2D eigenvalue weighted by molar-refractivity contribution is -0.121. The number of hydrogen-bond acceptors (Lipinski definition) is 3. The first kappa shape index (κ1) is 10.8. The molecule has 0 radical (unpaired) electrons. The first-order valence-corrected chi connectivity index (χ1v) is 5.20. The highest BCUT2D eigenvalue weighted by Gasteiger charge is 2.37. The second-order valence-corrected chi connectivity index (χ2v) is 4.17. The number of rotatable bonds is 1. The Balaban J connectivity index is 2.48. The van der Waals surface area contributed by atoms with E-state index < -0.39 is 6.04 Å². The Morgan fingerprint density at radius 1 is 1.31 bits per heavy atom. The summed E-state index contributed by atoms with van der Waals surface area (Å²) in [6, 6.07) is 4.99. The molecule has 2 N–H and O–H groups in total. The van der Waals surface area contributed by atoms with Gasteiger partial charge in [-0.1, -0.05) is 12.1 Å². The Morgan fingerprint density at radius 2 is 2.00 bits per heavy atom. The van der Waals surface area contributed by atoms with Gasteiger partial charge in [0.2, 0.25) is 5.91 Å². The molecule has 1 fully saturated rings. The normalized spacial score (nSPS) is 20.7. The van der Waals surface area contributed by atoms with Gasteiger partial charge < -0.3 is 5.73 Å². The van der Waals surface area contributed by atoms with Crippen LogP contribution in [0.1, 0.15) is 17.5 Å². The first-order chi connectivity index (χ1) is 7.50. The summed E-state index contributed by atoms with van der Waals surface area (Å²) in [7, 11) is 0. The topological polar surface area (TPSA) is 63.4 Å². The van der Waals surface area contributed by atoms with Crippen LogP contribution in [-0.4, -0.2) is 17.9 Å². The summed E-state index contributed by atoms with van der Waals surface area (Å²) in [6.07, 6.45) is 0.103. The van der Waals surface area contributed by atoms with E-state index in [2.05, 4.69) is 0 Å². The van der Waals surface area contributed by atoms with Crippen molar-refractivity contribution < 1.29 is 9.59 Å². The van der Waals surface area contributed by atoms with Crippen LogP contribution in [-0.2, 0) is 9.59 Å². The molecule has 2 rings (SSSR count). The Kier molecular flexibility index (Phi) is 2.52. The number of imide groups is 1. The third kappa shape index (κ3) is 1.61. The third-order valence-electron chi connectivity index (χ3n) is 2.79. The molecule has 16 heavy (non-hydrogen) atoms. The molecule has 4 nitrogen and oxygen atoms in total. The number of anilines is 1. The number of nitrogens with zero attached hydrogens (tertiary/aromatic N) is 1. The van der Waals surface area contributed by atoms with E-state index in [-0.39, 0.29) is 18.2 Å². The minimum Gasteiger partial charge on any atom is -0.319 e. The lowest BCUT2D eigenvalue weighted by atomic mass is 10.1. The molecule has 0 bridgehead atoms. The highest BCUT2D eigenvalue weighted by Crippen LogP contribution is 2.26. The Labute approximate surface area is 94.0 Å². The fourth-order valence-corrected chi connectivity index (χ4v) is 1.87. The number of aryl methyl sites for hydroxylation is 2. The highest BCUT2D eigenvalue weighted by atomic mass is 16.2. The number of nitrogens with two attached hydrogens (primary N) is 1. The predicted octanol–water partition coefficient (Wildman–Crippen LogP) is 0.894. The molecule has 1 aromatic carbocycles. The molecule has 1 aliphatic rings. The van der Waals surface area contributed by atoms with Gasteiger partial charge in [-0.3, -0.25) is 9.59 Å². The number of amides is 2. The largest absolute Gasteiger partial charge is 0.319 e. The van der Waals surface area contributed by atoms with Gasteiger partial charge in [0.15, 0.2) is 0 Å². The molecule has 1 aromatic rings. The number of benzene rings is 1. The maximum Gasteiger partial charge on any atom is 0.251 e. The molecular formula is C12H14N2O2. The van der Waals surface area contributed by atoms with Crippen molar-refractivity contribution in [3.05, 3.63) is 29.3 Å². The van der Waals surface area contributed by atoms with E-state index in [1.165, 1.54) is 4.90 Å². The monoisotopic (exact) mass is 218 g/mol. The Hall–Kier alpha value is -1.68. The molecule has 1 saturated heterocycles. The standard InChI is InChI=1S/C12H14N2O2/c1-7-3-4-8(2)10(5-7)14-11(15)6-9(13)12(14)16/h3-5,9H,6,13H2,1-2H3. The zero-order chi connectivity index (χ0) is 11.9. The second kappa shape index (κ2) is 3.72. The van der Waals surface area contributed by atoms with Crippen molar-refractivity contribution >= 4 is 17.5 Å². The van der Waals surface area contributed by atoms with Gasteiger partial charge in [0.05, 0.1) is 18.2 Å². The van der Waals surface area contributed by atoms with Crippen molar-refractivity contribution in [2.24, 2.45) is 5.73 Å². The molecule has 1 aliphatic heterocycles. The van der Waals surface area contributed by atoms with Gasteiger partial charge in [-0.25, -0.2) is 4.90 Å². The van der Waals surface area contributed by atoms with E-state index in [1.54, 1.807) is 0 Å². The maximum atomic E-state index is 11.8. The van der Waals surface area contributed by atoms with Crippen molar-refractivity contribution in [3.63, 3.8) is 0 Å². The molecular weight excluding hydrogens is 204 g/mol. The smallest absolute Gasteiger partial charge is 0.251 e. The lowest BCUT2D eigenvalue weighted by Crippen LogP contribution is -2.35. The van der Waals surface area contributed by atoms with Gasteiger partial charge in [-0.05, 0) is 31.0 Å². The van der Waals surface area contributed by atoms with Crippen LogP contribution in [0.25, 0.3) is 0 Å². The van der Waals surface area contributed by atoms with Crippen molar-refractivity contribution in [2.75, 3.05) is 4.90 Å². The molecule has 0 saturated carbocycles. The summed E-state index contributed by atoms with van der Waals surface area (Å²) < 4.78 is 0. The van der Waals surface area contributed by atoms with Gasteiger partial charge in [-0.15, -0.1) is 0 Å². The average molecular weight is 218 g/mol.